The van der Waals surface area contributed by atoms with Crippen LogP contribution in [0.1, 0.15) is 6.92 Å². The minimum absolute atomic E-state index is 0.222. The van der Waals surface area contributed by atoms with Gasteiger partial charge in [-0.25, -0.2) is 4.39 Å². The Hall–Kier alpha value is 0.0300. The van der Waals surface area contributed by atoms with Gasteiger partial charge in [0.15, 0.2) is 0 Å². The highest BCUT2D eigenvalue weighted by Gasteiger charge is 2.61. The van der Waals surface area contributed by atoms with Crippen molar-refractivity contribution in [2.75, 3.05) is 0 Å². The second-order valence-electron chi connectivity index (χ2n) is 1.89. The molecule has 1 saturated heterocycles. The first-order valence-electron chi connectivity index (χ1n) is 2.34. The van der Waals surface area contributed by atoms with Crippen LogP contribution in [0.5, 0.6) is 0 Å². The number of rotatable bonds is 0. The lowest BCUT2D eigenvalue weighted by Crippen LogP contribution is -2.34. The van der Waals surface area contributed by atoms with Gasteiger partial charge in [-0.2, -0.15) is 8.78 Å². The summed E-state index contributed by atoms with van der Waals surface area (Å²) in [6, 6.07) is 0. The van der Waals surface area contributed by atoms with Crippen molar-refractivity contribution in [3.63, 3.8) is 0 Å². The molecule has 0 spiro atoms. The number of thioether (sulfide) groups is 1. The molecule has 1 aliphatic heterocycles. The van der Waals surface area contributed by atoms with Crippen LogP contribution >= 0.6 is 24.0 Å². The van der Waals surface area contributed by atoms with Crippen molar-refractivity contribution in [3.05, 3.63) is 0 Å². The fraction of sp³-hybridized carbons (Fsp3) is 0.750. The lowest BCUT2D eigenvalue weighted by atomic mass is 10.4. The average Bonchev–Trinajstić information content (AvgIpc) is 1.73. The smallest absolute Gasteiger partial charge is 0.412 e. The first-order valence-corrected chi connectivity index (χ1v) is 3.56. The van der Waals surface area contributed by atoms with E-state index in [4.69, 9.17) is 0 Å². The van der Waals surface area contributed by atoms with Gasteiger partial charge in [0.2, 0.25) is 4.38 Å². The van der Waals surface area contributed by atoms with Gasteiger partial charge in [0, 0.05) is 0 Å². The van der Waals surface area contributed by atoms with E-state index in [1.54, 1.807) is 0 Å². The lowest BCUT2D eigenvalue weighted by Gasteiger charge is -2.16. The van der Waals surface area contributed by atoms with Crippen LogP contribution < -0.4 is 0 Å². The number of hydrogen-bond acceptors (Lipinski definition) is 3. The summed E-state index contributed by atoms with van der Waals surface area (Å²) in [4.78, 5) is 0. The fourth-order valence-electron chi connectivity index (χ4n) is 0.433. The Morgan fingerprint density at radius 1 is 1.50 bits per heavy atom. The number of ether oxygens (including phenoxy) is 1. The average molecular weight is 188 g/mol. The van der Waals surface area contributed by atoms with Crippen LogP contribution in [0.15, 0.2) is 0 Å². The fourth-order valence-corrected chi connectivity index (χ4v) is 1.63. The summed E-state index contributed by atoms with van der Waals surface area (Å²) < 4.78 is 40.5. The minimum Gasteiger partial charge on any atom is -0.412 e. The van der Waals surface area contributed by atoms with E-state index < -0.39 is 15.5 Å². The zero-order valence-electron chi connectivity index (χ0n) is 4.86. The third-order valence-corrected chi connectivity index (χ3v) is 2.21. The third kappa shape index (κ3) is 1.10. The Labute approximate surface area is 64.9 Å². The molecule has 0 aromatic rings. The summed E-state index contributed by atoms with van der Waals surface area (Å²) in [5, 5.41) is -2.72. The van der Waals surface area contributed by atoms with Crippen LogP contribution in [0.4, 0.5) is 13.2 Å². The summed E-state index contributed by atoms with van der Waals surface area (Å²) in [6.45, 7) is 0.733. The summed E-state index contributed by atoms with van der Waals surface area (Å²) in [5.74, 6) is 0. The maximum absolute atomic E-state index is 12.6. The standard InChI is InChI=1S/C4H3F3OS2/c1-3(5)4(6,7)8-2(9)10-3/h1H3. The Morgan fingerprint density at radius 2 is 2.00 bits per heavy atom. The Kier molecular flexibility index (Phi) is 1.63. The molecule has 0 aromatic heterocycles. The van der Waals surface area contributed by atoms with E-state index in [2.05, 4.69) is 17.0 Å². The molecule has 1 heterocycles. The Balaban J connectivity index is 2.88. The van der Waals surface area contributed by atoms with Gasteiger partial charge in [0.05, 0.1) is 0 Å². The quantitative estimate of drug-likeness (QED) is 0.540. The van der Waals surface area contributed by atoms with Gasteiger partial charge in [-0.3, -0.25) is 0 Å². The number of alkyl halides is 3. The first-order chi connectivity index (χ1) is 4.35. The first kappa shape index (κ1) is 8.13. The highest BCUT2D eigenvalue weighted by atomic mass is 32.2. The predicted octanol–water partition coefficient (Wildman–Crippen LogP) is 2.31. The van der Waals surface area contributed by atoms with Crippen molar-refractivity contribution in [2.24, 2.45) is 0 Å². The van der Waals surface area contributed by atoms with E-state index in [0.29, 0.717) is 0 Å². The molecule has 6 heteroatoms. The van der Waals surface area contributed by atoms with Crippen LogP contribution in [-0.2, 0) is 4.74 Å². The molecule has 0 saturated carbocycles. The maximum Gasteiger partial charge on any atom is 0.444 e. The molecule has 58 valence electrons. The molecule has 0 radical (unpaired) electrons. The molecule has 1 rings (SSSR count). The van der Waals surface area contributed by atoms with Gasteiger partial charge in [-0.15, -0.1) is 0 Å². The second-order valence-corrected chi connectivity index (χ2v) is 3.86. The largest absolute Gasteiger partial charge is 0.444 e. The van der Waals surface area contributed by atoms with Crippen LogP contribution in [0, 0.1) is 0 Å². The molecule has 1 unspecified atom stereocenters. The van der Waals surface area contributed by atoms with Gasteiger partial charge in [-0.05, 0) is 30.9 Å². The number of hydrogen-bond donors (Lipinski definition) is 0. The SMILES string of the molecule is CC1(F)SC(=S)OC1(F)F. The van der Waals surface area contributed by atoms with Gasteiger partial charge in [0.1, 0.15) is 0 Å². The van der Waals surface area contributed by atoms with Gasteiger partial charge >= 0.3 is 6.11 Å². The topological polar surface area (TPSA) is 9.23 Å². The predicted molar refractivity (Wildman–Crippen MR) is 35.7 cm³/mol. The van der Waals surface area contributed by atoms with Crippen molar-refractivity contribution in [3.8, 4) is 0 Å². The maximum atomic E-state index is 12.6. The van der Waals surface area contributed by atoms with E-state index in [0.717, 1.165) is 6.92 Å². The van der Waals surface area contributed by atoms with Crippen LogP contribution in [0.3, 0.4) is 0 Å². The molecule has 1 nitrogen and oxygen atoms in total. The van der Waals surface area contributed by atoms with E-state index in [1.807, 2.05) is 0 Å². The van der Waals surface area contributed by atoms with Crippen molar-refractivity contribution >= 4 is 28.4 Å². The van der Waals surface area contributed by atoms with Crippen molar-refractivity contribution in [1.29, 1.82) is 0 Å². The molecule has 1 atom stereocenters. The zero-order chi connectivity index (χ0) is 7.99. The van der Waals surface area contributed by atoms with E-state index in [-0.39, 0.29) is 11.8 Å². The monoisotopic (exact) mass is 188 g/mol. The van der Waals surface area contributed by atoms with Crippen LogP contribution in [-0.4, -0.2) is 15.5 Å². The van der Waals surface area contributed by atoms with Gasteiger partial charge in [0.25, 0.3) is 5.00 Å². The normalized spacial score (nSPS) is 37.8. The molecule has 0 aliphatic carbocycles. The van der Waals surface area contributed by atoms with Crippen molar-refractivity contribution in [2.45, 2.75) is 18.0 Å². The Morgan fingerprint density at radius 3 is 2.10 bits per heavy atom. The Bertz CT molecular complexity index is 161. The summed E-state index contributed by atoms with van der Waals surface area (Å²) in [5.41, 5.74) is 0. The molecule has 0 aromatic carbocycles. The van der Waals surface area contributed by atoms with Gasteiger partial charge in [-0.1, -0.05) is 0 Å². The summed E-state index contributed by atoms with van der Waals surface area (Å²) in [7, 11) is 0. The lowest BCUT2D eigenvalue weighted by molar-refractivity contribution is -0.225. The highest BCUT2D eigenvalue weighted by Crippen LogP contribution is 2.49. The minimum atomic E-state index is -3.78. The summed E-state index contributed by atoms with van der Waals surface area (Å²) in [6.07, 6.45) is -3.78. The van der Waals surface area contributed by atoms with Crippen molar-refractivity contribution in [1.82, 2.24) is 0 Å². The summed E-state index contributed by atoms with van der Waals surface area (Å²) >= 11 is 4.46. The molecular weight excluding hydrogens is 185 g/mol. The van der Waals surface area contributed by atoms with E-state index in [9.17, 15) is 13.2 Å². The second kappa shape index (κ2) is 2.01. The number of halogens is 3. The molecule has 1 aliphatic rings. The number of thiocarbonyl (C=S) groups is 1. The molecule has 0 N–H and O–H groups in total. The van der Waals surface area contributed by atoms with Gasteiger partial charge < -0.3 is 4.74 Å². The molecule has 0 amide bonds. The van der Waals surface area contributed by atoms with Crippen molar-refractivity contribution < 1.29 is 17.9 Å². The van der Waals surface area contributed by atoms with Crippen LogP contribution in [0.2, 0.25) is 0 Å². The van der Waals surface area contributed by atoms with Crippen LogP contribution in [0.25, 0.3) is 0 Å². The molecule has 10 heavy (non-hydrogen) atoms. The highest BCUT2D eigenvalue weighted by molar-refractivity contribution is 8.23. The van der Waals surface area contributed by atoms with E-state index in [1.165, 1.54) is 0 Å². The third-order valence-electron chi connectivity index (χ3n) is 1.01. The molecule has 0 bridgehead atoms. The molecule has 1 fully saturated rings. The van der Waals surface area contributed by atoms with E-state index >= 15 is 0 Å². The molecular formula is C4H3F3OS2. The zero-order valence-corrected chi connectivity index (χ0v) is 6.49.